The van der Waals surface area contributed by atoms with Crippen LogP contribution in [0.3, 0.4) is 0 Å². The van der Waals surface area contributed by atoms with E-state index in [9.17, 15) is 0 Å². The van der Waals surface area contributed by atoms with Gasteiger partial charge in [-0.05, 0) is 54.8 Å². The van der Waals surface area contributed by atoms with Crippen molar-refractivity contribution in [3.8, 4) is 5.75 Å². The maximum absolute atomic E-state index is 5.83. The molecule has 0 bridgehead atoms. The fraction of sp³-hybridized carbons (Fsp3) is 0.214. The summed E-state index contributed by atoms with van der Waals surface area (Å²) in [7, 11) is 0. The summed E-state index contributed by atoms with van der Waals surface area (Å²) in [6, 6.07) is 7.74. The van der Waals surface area contributed by atoms with E-state index < -0.39 is 0 Å². The Balaban J connectivity index is 2.15. The fourth-order valence-corrected chi connectivity index (χ4v) is 1.85. The molecule has 88 valence electrons. The molecule has 0 aliphatic heterocycles. The highest BCUT2D eigenvalue weighted by atomic mass is 16.5. The number of nitrogens with zero attached hydrogens (tertiary/aromatic N) is 1. The summed E-state index contributed by atoms with van der Waals surface area (Å²) < 4.78 is 5.83. The van der Waals surface area contributed by atoms with E-state index in [2.05, 4.69) is 4.98 Å². The molecule has 1 aromatic carbocycles. The molecular formula is C14H16N2O. The van der Waals surface area contributed by atoms with Gasteiger partial charge in [0.05, 0.1) is 0 Å². The molecule has 0 unspecified atom stereocenters. The van der Waals surface area contributed by atoms with E-state index in [1.807, 2.05) is 38.1 Å². The zero-order chi connectivity index (χ0) is 12.3. The molecule has 3 heteroatoms. The molecule has 2 aromatic rings. The van der Waals surface area contributed by atoms with E-state index >= 15 is 0 Å². The molecule has 0 amide bonds. The quantitative estimate of drug-likeness (QED) is 0.822. The van der Waals surface area contributed by atoms with Crippen molar-refractivity contribution < 1.29 is 4.74 Å². The van der Waals surface area contributed by atoms with E-state index in [0.29, 0.717) is 6.61 Å². The van der Waals surface area contributed by atoms with Crippen LogP contribution in [0.2, 0.25) is 0 Å². The Morgan fingerprint density at radius 1 is 1.12 bits per heavy atom. The monoisotopic (exact) mass is 228 g/mol. The summed E-state index contributed by atoms with van der Waals surface area (Å²) in [6.07, 6.45) is 3.53. The van der Waals surface area contributed by atoms with E-state index in [0.717, 1.165) is 28.1 Å². The van der Waals surface area contributed by atoms with Gasteiger partial charge in [-0.25, -0.2) is 0 Å². The number of hydrogen-bond donors (Lipinski definition) is 1. The lowest BCUT2D eigenvalue weighted by molar-refractivity contribution is 0.302. The van der Waals surface area contributed by atoms with Gasteiger partial charge in [-0.15, -0.1) is 0 Å². The number of anilines is 1. The molecule has 2 rings (SSSR count). The van der Waals surface area contributed by atoms with Crippen molar-refractivity contribution in [3.63, 3.8) is 0 Å². The van der Waals surface area contributed by atoms with Gasteiger partial charge in [-0.3, -0.25) is 4.98 Å². The molecule has 0 fully saturated rings. The maximum atomic E-state index is 5.83. The maximum Gasteiger partial charge on any atom is 0.125 e. The number of aryl methyl sites for hydroxylation is 2. The van der Waals surface area contributed by atoms with Crippen molar-refractivity contribution in [2.24, 2.45) is 0 Å². The number of aromatic nitrogens is 1. The van der Waals surface area contributed by atoms with Gasteiger partial charge in [0, 0.05) is 18.1 Å². The van der Waals surface area contributed by atoms with Gasteiger partial charge in [0.15, 0.2) is 0 Å². The average Bonchev–Trinajstić information content (AvgIpc) is 2.29. The van der Waals surface area contributed by atoms with Crippen molar-refractivity contribution in [2.45, 2.75) is 20.5 Å². The molecule has 0 radical (unpaired) electrons. The summed E-state index contributed by atoms with van der Waals surface area (Å²) >= 11 is 0. The van der Waals surface area contributed by atoms with Crippen LogP contribution in [0.15, 0.2) is 36.7 Å². The molecule has 0 saturated carbocycles. The summed E-state index contributed by atoms with van der Waals surface area (Å²) in [6.45, 7) is 4.56. The first kappa shape index (κ1) is 11.5. The van der Waals surface area contributed by atoms with Crippen molar-refractivity contribution >= 4 is 5.69 Å². The Bertz CT molecular complexity index is 486. The molecule has 1 heterocycles. The Labute approximate surface area is 101 Å². The predicted molar refractivity (Wildman–Crippen MR) is 68.9 cm³/mol. The lowest BCUT2D eigenvalue weighted by Crippen LogP contribution is -2.00. The smallest absolute Gasteiger partial charge is 0.125 e. The Morgan fingerprint density at radius 2 is 1.71 bits per heavy atom. The second-order valence-electron chi connectivity index (χ2n) is 4.13. The molecule has 1 aromatic heterocycles. The second-order valence-corrected chi connectivity index (χ2v) is 4.13. The van der Waals surface area contributed by atoms with Gasteiger partial charge in [0.1, 0.15) is 12.4 Å². The number of rotatable bonds is 3. The highest BCUT2D eigenvalue weighted by molar-refractivity contribution is 5.52. The number of hydrogen-bond acceptors (Lipinski definition) is 3. The summed E-state index contributed by atoms with van der Waals surface area (Å²) in [4.78, 5) is 3.97. The van der Waals surface area contributed by atoms with Gasteiger partial charge in [-0.1, -0.05) is 0 Å². The molecule has 0 atom stereocenters. The zero-order valence-corrected chi connectivity index (χ0v) is 10.1. The van der Waals surface area contributed by atoms with Crippen LogP contribution < -0.4 is 10.5 Å². The summed E-state index contributed by atoms with van der Waals surface area (Å²) in [5, 5.41) is 0. The third-order valence-corrected chi connectivity index (χ3v) is 2.62. The Hall–Kier alpha value is -2.03. The first-order chi connectivity index (χ1) is 8.16. The molecule has 0 aliphatic carbocycles. The Morgan fingerprint density at radius 3 is 2.29 bits per heavy atom. The topological polar surface area (TPSA) is 48.1 Å². The highest BCUT2D eigenvalue weighted by Crippen LogP contribution is 2.26. The molecule has 3 nitrogen and oxygen atoms in total. The van der Waals surface area contributed by atoms with Crippen LogP contribution in [0, 0.1) is 13.8 Å². The van der Waals surface area contributed by atoms with Crippen LogP contribution in [0.25, 0.3) is 0 Å². The Kier molecular flexibility index (Phi) is 3.28. The first-order valence-corrected chi connectivity index (χ1v) is 5.55. The normalized spacial score (nSPS) is 10.2. The summed E-state index contributed by atoms with van der Waals surface area (Å²) in [5.41, 5.74) is 9.79. The van der Waals surface area contributed by atoms with E-state index in [1.54, 1.807) is 12.4 Å². The van der Waals surface area contributed by atoms with Crippen molar-refractivity contribution in [2.75, 3.05) is 5.73 Å². The number of pyridine rings is 1. The number of ether oxygens (including phenoxy) is 1. The van der Waals surface area contributed by atoms with Gasteiger partial charge < -0.3 is 10.5 Å². The van der Waals surface area contributed by atoms with Crippen LogP contribution in [-0.4, -0.2) is 4.98 Å². The largest absolute Gasteiger partial charge is 0.488 e. The minimum Gasteiger partial charge on any atom is -0.488 e. The third-order valence-electron chi connectivity index (χ3n) is 2.62. The van der Waals surface area contributed by atoms with Crippen LogP contribution in [-0.2, 0) is 6.61 Å². The molecule has 2 N–H and O–H groups in total. The van der Waals surface area contributed by atoms with E-state index in [1.165, 1.54) is 0 Å². The lowest BCUT2D eigenvalue weighted by atomic mass is 10.1. The molecule has 17 heavy (non-hydrogen) atoms. The minimum absolute atomic E-state index is 0.550. The first-order valence-electron chi connectivity index (χ1n) is 5.55. The van der Waals surface area contributed by atoms with Crippen LogP contribution in [0.5, 0.6) is 5.75 Å². The van der Waals surface area contributed by atoms with Crippen LogP contribution in [0.4, 0.5) is 5.69 Å². The van der Waals surface area contributed by atoms with Gasteiger partial charge in [0.2, 0.25) is 0 Å². The molecule has 0 spiro atoms. The van der Waals surface area contributed by atoms with Crippen LogP contribution >= 0.6 is 0 Å². The zero-order valence-electron chi connectivity index (χ0n) is 10.1. The van der Waals surface area contributed by atoms with Gasteiger partial charge in [0.25, 0.3) is 0 Å². The number of benzene rings is 1. The summed E-state index contributed by atoms with van der Waals surface area (Å²) in [5.74, 6) is 0.913. The number of nitrogen functional groups attached to an aromatic ring is 1. The third kappa shape index (κ3) is 2.75. The van der Waals surface area contributed by atoms with E-state index in [-0.39, 0.29) is 0 Å². The predicted octanol–water partition coefficient (Wildman–Crippen LogP) is 2.86. The number of nitrogens with two attached hydrogens (primary N) is 1. The van der Waals surface area contributed by atoms with Gasteiger partial charge in [-0.2, -0.15) is 0 Å². The van der Waals surface area contributed by atoms with Crippen LogP contribution in [0.1, 0.15) is 16.7 Å². The highest BCUT2D eigenvalue weighted by Gasteiger charge is 2.05. The SMILES string of the molecule is Cc1cc(N)cc(C)c1OCc1ccncc1. The van der Waals surface area contributed by atoms with Crippen molar-refractivity contribution in [1.82, 2.24) is 4.98 Å². The van der Waals surface area contributed by atoms with Crippen molar-refractivity contribution in [3.05, 3.63) is 53.3 Å². The molecule has 0 aliphatic rings. The molecular weight excluding hydrogens is 212 g/mol. The minimum atomic E-state index is 0.550. The fourth-order valence-electron chi connectivity index (χ4n) is 1.85. The average molecular weight is 228 g/mol. The lowest BCUT2D eigenvalue weighted by Gasteiger charge is -2.12. The standard InChI is InChI=1S/C14H16N2O/c1-10-7-13(15)8-11(2)14(10)17-9-12-3-5-16-6-4-12/h3-8H,9,15H2,1-2H3. The molecule has 0 saturated heterocycles. The second kappa shape index (κ2) is 4.87. The van der Waals surface area contributed by atoms with Gasteiger partial charge >= 0.3 is 0 Å². The van der Waals surface area contributed by atoms with Crippen molar-refractivity contribution in [1.29, 1.82) is 0 Å². The van der Waals surface area contributed by atoms with E-state index in [4.69, 9.17) is 10.5 Å².